The number of nitrogens with one attached hydrogen (secondary N) is 1. The van der Waals surface area contributed by atoms with Crippen LogP contribution >= 0.6 is 0 Å². The van der Waals surface area contributed by atoms with Crippen LogP contribution in [0.4, 0.5) is 5.69 Å². The van der Waals surface area contributed by atoms with Crippen LogP contribution in [0.3, 0.4) is 0 Å². The zero-order valence-corrected chi connectivity index (χ0v) is 11.6. The highest BCUT2D eigenvalue weighted by Gasteiger charge is 2.25. The van der Waals surface area contributed by atoms with Gasteiger partial charge in [0.15, 0.2) is 11.5 Å². The van der Waals surface area contributed by atoms with E-state index in [9.17, 15) is 4.79 Å². The molecule has 2 unspecified atom stereocenters. The van der Waals surface area contributed by atoms with Gasteiger partial charge in [0.25, 0.3) is 0 Å². The molecule has 0 saturated heterocycles. The second-order valence-electron chi connectivity index (χ2n) is 5.53. The lowest BCUT2D eigenvalue weighted by molar-refractivity contribution is -0.120. The minimum Gasteiger partial charge on any atom is -0.441 e. The zero-order chi connectivity index (χ0) is 14.1. The van der Waals surface area contributed by atoms with Crippen LogP contribution < -0.4 is 11.1 Å². The third-order valence-corrected chi connectivity index (χ3v) is 3.85. The molecule has 5 nitrogen and oxygen atoms in total. The van der Waals surface area contributed by atoms with Crippen molar-refractivity contribution in [2.45, 2.75) is 38.6 Å². The molecule has 0 radical (unpaired) electrons. The van der Waals surface area contributed by atoms with Crippen molar-refractivity contribution in [2.75, 3.05) is 5.32 Å². The average molecular weight is 273 g/mol. The highest BCUT2D eigenvalue weighted by atomic mass is 16.3. The van der Waals surface area contributed by atoms with Crippen molar-refractivity contribution < 1.29 is 9.21 Å². The molecule has 1 aromatic heterocycles. The number of nitrogens with zero attached hydrogens (tertiary/aromatic N) is 1. The first kappa shape index (κ1) is 13.1. The minimum absolute atomic E-state index is 0.0194. The molecule has 1 aliphatic carbocycles. The standard InChI is InChI=1S/C15H19N3O2/c1-9-17-13-6-5-12(8-14(13)20-9)18-15(19)10-3-2-4-11(16)7-10/h5-6,8,10-11H,2-4,7,16H2,1H3,(H,18,19). The monoisotopic (exact) mass is 273 g/mol. The number of amides is 1. The SMILES string of the molecule is Cc1nc2ccc(NC(=O)C3CCCC(N)C3)cc2o1. The first-order valence-corrected chi connectivity index (χ1v) is 7.05. The summed E-state index contributed by atoms with van der Waals surface area (Å²) in [7, 11) is 0. The Kier molecular flexibility index (Phi) is 3.44. The number of hydrogen-bond donors (Lipinski definition) is 2. The number of benzene rings is 1. The van der Waals surface area contributed by atoms with Gasteiger partial charge in [0, 0.05) is 30.6 Å². The van der Waals surface area contributed by atoms with Crippen molar-refractivity contribution in [3.8, 4) is 0 Å². The largest absolute Gasteiger partial charge is 0.441 e. The van der Waals surface area contributed by atoms with Crippen LogP contribution in [0.15, 0.2) is 22.6 Å². The molecule has 1 aromatic carbocycles. The van der Waals surface area contributed by atoms with Crippen LogP contribution in [0.2, 0.25) is 0 Å². The lowest BCUT2D eigenvalue weighted by Crippen LogP contribution is -2.34. The van der Waals surface area contributed by atoms with Crippen molar-refractivity contribution in [1.29, 1.82) is 0 Å². The van der Waals surface area contributed by atoms with Gasteiger partial charge in [0.2, 0.25) is 5.91 Å². The van der Waals surface area contributed by atoms with Crippen LogP contribution in [-0.4, -0.2) is 16.9 Å². The lowest BCUT2D eigenvalue weighted by Gasteiger charge is -2.25. The smallest absolute Gasteiger partial charge is 0.227 e. The van der Waals surface area contributed by atoms with E-state index < -0.39 is 0 Å². The molecular formula is C15H19N3O2. The van der Waals surface area contributed by atoms with Gasteiger partial charge in [-0.3, -0.25) is 4.79 Å². The van der Waals surface area contributed by atoms with E-state index in [-0.39, 0.29) is 17.9 Å². The van der Waals surface area contributed by atoms with E-state index in [0.717, 1.165) is 36.9 Å². The molecule has 20 heavy (non-hydrogen) atoms. The van der Waals surface area contributed by atoms with E-state index in [0.29, 0.717) is 11.5 Å². The Labute approximate surface area is 117 Å². The molecule has 2 atom stereocenters. The van der Waals surface area contributed by atoms with E-state index in [1.807, 2.05) is 25.1 Å². The summed E-state index contributed by atoms with van der Waals surface area (Å²) in [6.07, 6.45) is 3.74. The second-order valence-corrected chi connectivity index (χ2v) is 5.53. The Balaban J connectivity index is 1.73. The van der Waals surface area contributed by atoms with Crippen molar-refractivity contribution in [2.24, 2.45) is 11.7 Å². The molecular weight excluding hydrogens is 254 g/mol. The molecule has 1 amide bonds. The van der Waals surface area contributed by atoms with Gasteiger partial charge in [0.1, 0.15) is 5.52 Å². The molecule has 106 valence electrons. The van der Waals surface area contributed by atoms with Gasteiger partial charge >= 0.3 is 0 Å². The third-order valence-electron chi connectivity index (χ3n) is 3.85. The number of aryl methyl sites for hydroxylation is 1. The molecule has 0 spiro atoms. The number of hydrogen-bond acceptors (Lipinski definition) is 4. The fraction of sp³-hybridized carbons (Fsp3) is 0.467. The maximum Gasteiger partial charge on any atom is 0.227 e. The number of fused-ring (bicyclic) bond motifs is 1. The Hall–Kier alpha value is -1.88. The second kappa shape index (κ2) is 5.25. The van der Waals surface area contributed by atoms with Crippen LogP contribution in [0.25, 0.3) is 11.1 Å². The minimum atomic E-state index is 0.0194. The van der Waals surface area contributed by atoms with Crippen LogP contribution in [0, 0.1) is 12.8 Å². The Morgan fingerprint density at radius 1 is 1.45 bits per heavy atom. The number of anilines is 1. The zero-order valence-electron chi connectivity index (χ0n) is 11.6. The topological polar surface area (TPSA) is 81.2 Å². The average Bonchev–Trinajstić information content (AvgIpc) is 2.78. The molecule has 3 rings (SSSR count). The summed E-state index contributed by atoms with van der Waals surface area (Å²) in [5.41, 5.74) is 8.18. The van der Waals surface area contributed by atoms with Gasteiger partial charge in [-0.05, 0) is 31.4 Å². The normalized spacial score (nSPS) is 22.9. The Bertz CT molecular complexity index is 635. The predicted molar refractivity (Wildman–Crippen MR) is 77.3 cm³/mol. The lowest BCUT2D eigenvalue weighted by atomic mass is 9.85. The summed E-state index contributed by atoms with van der Waals surface area (Å²) in [5.74, 6) is 0.698. The number of nitrogens with two attached hydrogens (primary N) is 1. The van der Waals surface area contributed by atoms with Gasteiger partial charge in [-0.25, -0.2) is 4.98 Å². The summed E-state index contributed by atoms with van der Waals surface area (Å²) in [6, 6.07) is 5.67. The van der Waals surface area contributed by atoms with Crippen molar-refractivity contribution in [3.05, 3.63) is 24.1 Å². The highest BCUT2D eigenvalue weighted by Crippen LogP contribution is 2.25. The first-order valence-electron chi connectivity index (χ1n) is 7.05. The van der Waals surface area contributed by atoms with Crippen molar-refractivity contribution in [3.63, 3.8) is 0 Å². The molecule has 0 aliphatic heterocycles. The van der Waals surface area contributed by atoms with Gasteiger partial charge in [0.05, 0.1) is 0 Å². The van der Waals surface area contributed by atoms with E-state index >= 15 is 0 Å². The quantitative estimate of drug-likeness (QED) is 0.881. The number of rotatable bonds is 2. The Morgan fingerprint density at radius 3 is 3.10 bits per heavy atom. The summed E-state index contributed by atoms with van der Waals surface area (Å²) in [5, 5.41) is 2.95. The first-order chi connectivity index (χ1) is 9.61. The van der Waals surface area contributed by atoms with Crippen LogP contribution in [-0.2, 0) is 4.79 Å². The molecule has 1 heterocycles. The number of carbonyl (C=O) groups excluding carboxylic acids is 1. The molecule has 1 fully saturated rings. The number of carbonyl (C=O) groups is 1. The third kappa shape index (κ3) is 2.67. The van der Waals surface area contributed by atoms with Crippen LogP contribution in [0.1, 0.15) is 31.6 Å². The van der Waals surface area contributed by atoms with Crippen molar-refractivity contribution >= 4 is 22.7 Å². The molecule has 5 heteroatoms. The van der Waals surface area contributed by atoms with E-state index in [1.165, 1.54) is 0 Å². The fourth-order valence-corrected chi connectivity index (χ4v) is 2.83. The van der Waals surface area contributed by atoms with E-state index in [1.54, 1.807) is 0 Å². The van der Waals surface area contributed by atoms with Crippen molar-refractivity contribution in [1.82, 2.24) is 4.98 Å². The maximum absolute atomic E-state index is 12.2. The molecule has 1 saturated carbocycles. The number of oxazole rings is 1. The van der Waals surface area contributed by atoms with E-state index in [2.05, 4.69) is 10.3 Å². The van der Waals surface area contributed by atoms with Gasteiger partial charge in [-0.15, -0.1) is 0 Å². The molecule has 0 bridgehead atoms. The predicted octanol–water partition coefficient (Wildman–Crippen LogP) is 2.59. The van der Waals surface area contributed by atoms with Gasteiger partial charge in [-0.2, -0.15) is 0 Å². The summed E-state index contributed by atoms with van der Waals surface area (Å²) in [4.78, 5) is 16.5. The highest BCUT2D eigenvalue weighted by molar-refractivity contribution is 5.94. The van der Waals surface area contributed by atoms with E-state index in [4.69, 9.17) is 10.2 Å². The molecule has 3 N–H and O–H groups in total. The maximum atomic E-state index is 12.2. The van der Waals surface area contributed by atoms with Gasteiger partial charge < -0.3 is 15.5 Å². The summed E-state index contributed by atoms with van der Waals surface area (Å²) < 4.78 is 5.47. The fourth-order valence-electron chi connectivity index (χ4n) is 2.83. The van der Waals surface area contributed by atoms with Gasteiger partial charge in [-0.1, -0.05) is 6.42 Å². The van der Waals surface area contributed by atoms with Crippen LogP contribution in [0.5, 0.6) is 0 Å². The molecule has 1 aliphatic rings. The Morgan fingerprint density at radius 2 is 2.30 bits per heavy atom. The molecule has 2 aromatic rings. The summed E-state index contributed by atoms with van der Waals surface area (Å²) >= 11 is 0. The summed E-state index contributed by atoms with van der Waals surface area (Å²) in [6.45, 7) is 1.81. The number of aromatic nitrogens is 1.